The summed E-state index contributed by atoms with van der Waals surface area (Å²) in [6, 6.07) is 19.9. The number of hydrogen-bond acceptors (Lipinski definition) is 6. The number of carbonyl (C=O) groups excluding carboxylic acids is 1. The Hall–Kier alpha value is -3.24. The summed E-state index contributed by atoms with van der Waals surface area (Å²) in [5.74, 6) is 0.415. The van der Waals surface area contributed by atoms with Crippen molar-refractivity contribution in [3.05, 3.63) is 72.3 Å². The Morgan fingerprint density at radius 2 is 1.64 bits per heavy atom. The van der Waals surface area contributed by atoms with Gasteiger partial charge < -0.3 is 9.47 Å². The van der Waals surface area contributed by atoms with Crippen molar-refractivity contribution in [3.8, 4) is 5.75 Å². The van der Waals surface area contributed by atoms with E-state index in [0.717, 1.165) is 15.8 Å². The summed E-state index contributed by atoms with van der Waals surface area (Å²) in [7, 11) is -4.22. The first-order valence-electron chi connectivity index (χ1n) is 11.2. The number of amides is 1. The van der Waals surface area contributed by atoms with Gasteiger partial charge in [0.15, 0.2) is 6.10 Å². The first kappa shape index (κ1) is 27.3. The highest BCUT2D eigenvalue weighted by Gasteiger charge is 2.33. The van der Waals surface area contributed by atoms with E-state index in [4.69, 9.17) is 9.47 Å². The molecule has 0 spiro atoms. The van der Waals surface area contributed by atoms with Crippen molar-refractivity contribution in [1.82, 2.24) is 0 Å². The molecule has 10 heteroatoms. The molecule has 3 rings (SSSR count). The molecular formula is C26H29F2NO6S. The fraction of sp³-hybridized carbons (Fsp3) is 0.346. The van der Waals surface area contributed by atoms with Gasteiger partial charge in [-0.2, -0.15) is 8.42 Å². The van der Waals surface area contributed by atoms with Crippen LogP contribution < -0.4 is 9.64 Å². The van der Waals surface area contributed by atoms with Gasteiger partial charge >= 0.3 is 6.09 Å². The van der Waals surface area contributed by atoms with Crippen LogP contribution in [0, 0.1) is 0 Å². The lowest BCUT2D eigenvalue weighted by molar-refractivity contribution is 0.0165. The number of carbonyl (C=O) groups is 1. The number of ether oxygens (including phenoxy) is 2. The molecule has 36 heavy (non-hydrogen) atoms. The van der Waals surface area contributed by atoms with E-state index >= 15 is 0 Å². The smallest absolute Gasteiger partial charge is 0.414 e. The van der Waals surface area contributed by atoms with Crippen LogP contribution in [0.5, 0.6) is 5.75 Å². The number of alkyl halides is 2. The van der Waals surface area contributed by atoms with Crippen LogP contribution in [-0.2, 0) is 25.6 Å². The largest absolute Gasteiger partial charge is 0.488 e. The topological polar surface area (TPSA) is 82.1 Å². The zero-order valence-electron chi connectivity index (χ0n) is 20.5. The van der Waals surface area contributed by atoms with Crippen molar-refractivity contribution in [2.75, 3.05) is 17.7 Å². The molecule has 0 aromatic heterocycles. The number of halogens is 2. The highest BCUT2D eigenvalue weighted by atomic mass is 32.2. The van der Waals surface area contributed by atoms with Gasteiger partial charge in [-0.1, -0.05) is 54.6 Å². The Bertz CT molecular complexity index is 1290. The van der Waals surface area contributed by atoms with Crippen molar-refractivity contribution < 1.29 is 35.6 Å². The first-order chi connectivity index (χ1) is 16.8. The Morgan fingerprint density at radius 3 is 2.25 bits per heavy atom. The zero-order chi connectivity index (χ0) is 26.5. The first-order valence-corrected chi connectivity index (χ1v) is 13.0. The molecule has 194 valence electrons. The summed E-state index contributed by atoms with van der Waals surface area (Å²) in [4.78, 5) is 14.1. The predicted molar refractivity (Wildman–Crippen MR) is 134 cm³/mol. The molecule has 0 aliphatic heterocycles. The summed E-state index contributed by atoms with van der Waals surface area (Å²) in [5.41, 5.74) is 0.167. The van der Waals surface area contributed by atoms with E-state index in [1.807, 2.05) is 42.5 Å². The third-order valence-corrected chi connectivity index (χ3v) is 5.51. The van der Waals surface area contributed by atoms with Crippen molar-refractivity contribution in [2.45, 2.75) is 45.5 Å². The van der Waals surface area contributed by atoms with Gasteiger partial charge in [0.2, 0.25) is 0 Å². The van der Waals surface area contributed by atoms with Crippen molar-refractivity contribution in [3.63, 3.8) is 0 Å². The molecule has 0 aliphatic carbocycles. The standard InChI is InChI=1S/C26H29F2NO6S/c1-26(2,3)34-25(30)29(16-23(24(27)28)35-36(4,31)32)20-14-19-12-8-9-13-21(19)22(15-20)33-17-18-10-6-5-7-11-18/h5-15,23-24H,16-17H2,1-4H3. The van der Waals surface area contributed by atoms with E-state index in [1.54, 1.807) is 39.0 Å². The van der Waals surface area contributed by atoms with E-state index in [0.29, 0.717) is 17.4 Å². The van der Waals surface area contributed by atoms with Gasteiger partial charge in [-0.15, -0.1) is 0 Å². The Kier molecular flexibility index (Phi) is 8.52. The van der Waals surface area contributed by atoms with Crippen LogP contribution in [0.4, 0.5) is 19.3 Å². The molecule has 0 N–H and O–H groups in total. The fourth-order valence-corrected chi connectivity index (χ4v) is 4.02. The third-order valence-electron chi connectivity index (χ3n) is 4.91. The van der Waals surface area contributed by atoms with Crippen LogP contribution in [0.25, 0.3) is 10.8 Å². The SMILES string of the molecule is CC(C)(C)OC(=O)N(CC(OS(C)(=O)=O)C(F)F)c1cc(OCc2ccccc2)c2ccccc2c1. The minimum absolute atomic E-state index is 0.189. The van der Waals surface area contributed by atoms with E-state index in [2.05, 4.69) is 4.18 Å². The van der Waals surface area contributed by atoms with Crippen LogP contribution in [0.2, 0.25) is 0 Å². The molecular weight excluding hydrogens is 492 g/mol. The van der Waals surface area contributed by atoms with Crippen molar-refractivity contribution >= 4 is 32.7 Å². The highest BCUT2D eigenvalue weighted by molar-refractivity contribution is 7.86. The minimum Gasteiger partial charge on any atom is -0.488 e. The molecule has 0 saturated carbocycles. The van der Waals surface area contributed by atoms with Gasteiger partial charge in [-0.3, -0.25) is 9.08 Å². The maximum absolute atomic E-state index is 13.8. The molecule has 0 fully saturated rings. The van der Waals surface area contributed by atoms with Crippen LogP contribution >= 0.6 is 0 Å². The Labute approximate surface area is 209 Å². The van der Waals surface area contributed by atoms with Crippen molar-refractivity contribution in [2.24, 2.45) is 0 Å². The van der Waals surface area contributed by atoms with Gasteiger partial charge in [-0.25, -0.2) is 13.6 Å². The number of nitrogens with zero attached hydrogens (tertiary/aromatic N) is 1. The number of benzene rings is 3. The van der Waals surface area contributed by atoms with Crippen LogP contribution in [-0.4, -0.2) is 45.4 Å². The number of rotatable bonds is 9. The second-order valence-corrected chi connectivity index (χ2v) is 10.8. The third kappa shape index (κ3) is 7.89. The van der Waals surface area contributed by atoms with Crippen LogP contribution in [0.3, 0.4) is 0 Å². The average Bonchev–Trinajstić information content (AvgIpc) is 2.78. The number of anilines is 1. The fourth-order valence-electron chi connectivity index (χ4n) is 3.43. The molecule has 1 atom stereocenters. The quantitative estimate of drug-likeness (QED) is 0.333. The predicted octanol–water partition coefficient (Wildman–Crippen LogP) is 5.77. The Morgan fingerprint density at radius 1 is 1.00 bits per heavy atom. The van der Waals surface area contributed by atoms with Gasteiger partial charge in [0, 0.05) is 11.5 Å². The summed E-state index contributed by atoms with van der Waals surface area (Å²) in [6.45, 7) is 4.37. The number of hydrogen-bond donors (Lipinski definition) is 0. The molecule has 0 bridgehead atoms. The molecule has 0 heterocycles. The maximum atomic E-state index is 13.8. The van der Waals surface area contributed by atoms with E-state index < -0.39 is 40.9 Å². The lowest BCUT2D eigenvalue weighted by Gasteiger charge is -2.30. The summed E-state index contributed by atoms with van der Waals surface area (Å²) >= 11 is 0. The zero-order valence-corrected chi connectivity index (χ0v) is 21.3. The van der Waals surface area contributed by atoms with Crippen LogP contribution in [0.15, 0.2) is 66.7 Å². The van der Waals surface area contributed by atoms with Gasteiger partial charge in [0.1, 0.15) is 18.0 Å². The van der Waals surface area contributed by atoms with E-state index in [1.165, 1.54) is 6.07 Å². The highest BCUT2D eigenvalue weighted by Crippen LogP contribution is 2.34. The average molecular weight is 522 g/mol. The van der Waals surface area contributed by atoms with E-state index in [9.17, 15) is 22.0 Å². The summed E-state index contributed by atoms with van der Waals surface area (Å²) in [5, 5.41) is 1.43. The van der Waals surface area contributed by atoms with E-state index in [-0.39, 0.29) is 12.3 Å². The van der Waals surface area contributed by atoms with Gasteiger partial charge in [-0.05, 0) is 37.8 Å². The molecule has 3 aromatic carbocycles. The normalized spacial score (nSPS) is 13.0. The lowest BCUT2D eigenvalue weighted by atomic mass is 10.1. The maximum Gasteiger partial charge on any atom is 0.414 e. The molecule has 7 nitrogen and oxygen atoms in total. The lowest BCUT2D eigenvalue weighted by Crippen LogP contribution is -2.44. The number of fused-ring (bicyclic) bond motifs is 1. The molecule has 0 radical (unpaired) electrons. The van der Waals surface area contributed by atoms with Crippen LogP contribution in [0.1, 0.15) is 26.3 Å². The van der Waals surface area contributed by atoms with Gasteiger partial charge in [0.25, 0.3) is 16.5 Å². The molecule has 1 amide bonds. The molecule has 0 saturated heterocycles. The Balaban J connectivity index is 2.05. The van der Waals surface area contributed by atoms with Gasteiger partial charge in [0.05, 0.1) is 18.5 Å². The summed E-state index contributed by atoms with van der Waals surface area (Å²) < 4.78 is 66.8. The summed E-state index contributed by atoms with van der Waals surface area (Å²) in [6.07, 6.45) is -5.55. The second kappa shape index (κ2) is 11.2. The second-order valence-electron chi connectivity index (χ2n) is 9.20. The van der Waals surface area contributed by atoms with Crippen molar-refractivity contribution in [1.29, 1.82) is 0 Å². The monoisotopic (exact) mass is 521 g/mol. The molecule has 0 aliphatic rings. The molecule has 3 aromatic rings. The molecule has 1 unspecified atom stereocenters. The minimum atomic E-state index is -4.22.